The first-order valence-corrected chi connectivity index (χ1v) is 18.2. The normalized spacial score (nSPS) is 19.9. The molecule has 25 heavy (non-hydrogen) atoms. The molecule has 0 rings (SSSR count). The monoisotopic (exact) mass is 440 g/mol. The number of phosphoric ester groups is 1. The zero-order valence-corrected chi connectivity index (χ0v) is 20.6. The van der Waals surface area contributed by atoms with Gasteiger partial charge in [0.15, 0.2) is 0 Å². The molecule has 153 valence electrons. The van der Waals surface area contributed by atoms with Gasteiger partial charge in [-0.2, -0.15) is 0 Å². The second kappa shape index (κ2) is 12.2. The van der Waals surface area contributed by atoms with Crippen LogP contribution in [-0.2, 0) is 13.6 Å². The molecule has 5 unspecified atom stereocenters. The average molecular weight is 440 g/mol. The van der Waals surface area contributed by atoms with Crippen molar-refractivity contribution in [3.05, 3.63) is 0 Å². The SMILES string of the molecule is CCC(C)CC(C)CC(C)CC(C)COP(=O)([O-])OCC[As](C)(C)C. The van der Waals surface area contributed by atoms with E-state index < -0.39 is 21.4 Å². The molecule has 1 radical (unpaired) electrons. The van der Waals surface area contributed by atoms with E-state index in [1.165, 1.54) is 19.3 Å². The predicted octanol–water partition coefficient (Wildman–Crippen LogP) is 5.95. The molecular weight excluding hydrogens is 398 g/mol. The average Bonchev–Trinajstić information content (AvgIpc) is 2.43. The van der Waals surface area contributed by atoms with E-state index in [0.29, 0.717) is 5.92 Å². The molecule has 4 nitrogen and oxygen atoms in total. The minimum absolute atomic E-state index is 0.218. The van der Waals surface area contributed by atoms with Gasteiger partial charge in [-0.15, -0.1) is 0 Å². The van der Waals surface area contributed by atoms with E-state index >= 15 is 0 Å². The third kappa shape index (κ3) is 15.4. The molecule has 0 aliphatic rings. The molecule has 0 fully saturated rings. The Morgan fingerprint density at radius 2 is 1.36 bits per heavy atom. The molecule has 5 atom stereocenters. The van der Waals surface area contributed by atoms with Crippen molar-refractivity contribution in [1.29, 1.82) is 0 Å². The van der Waals surface area contributed by atoms with Crippen LogP contribution < -0.4 is 4.89 Å². The molecule has 0 amide bonds. The fraction of sp³-hybridized carbons (Fsp3) is 1.00. The van der Waals surface area contributed by atoms with Gasteiger partial charge in [0.1, 0.15) is 0 Å². The molecule has 0 saturated heterocycles. The van der Waals surface area contributed by atoms with Crippen molar-refractivity contribution in [3.8, 4) is 0 Å². The molecule has 0 aromatic rings. The molecule has 0 aliphatic heterocycles. The summed E-state index contributed by atoms with van der Waals surface area (Å²) < 4.78 is 21.9. The van der Waals surface area contributed by atoms with Crippen LogP contribution in [0.5, 0.6) is 0 Å². The number of phosphoric acid groups is 1. The number of rotatable bonds is 14. The van der Waals surface area contributed by atoms with Gasteiger partial charge in [0.25, 0.3) is 0 Å². The summed E-state index contributed by atoms with van der Waals surface area (Å²) in [5, 5.41) is 0.856. The molecule has 0 heterocycles. The third-order valence-electron chi connectivity index (χ3n) is 4.64. The van der Waals surface area contributed by atoms with Crippen LogP contribution in [-0.4, -0.2) is 26.8 Å². The van der Waals surface area contributed by atoms with Crippen LogP contribution in [0.25, 0.3) is 0 Å². The fourth-order valence-electron chi connectivity index (χ4n) is 3.17. The van der Waals surface area contributed by atoms with Gasteiger partial charge in [0.2, 0.25) is 0 Å². The summed E-state index contributed by atoms with van der Waals surface area (Å²) in [6.45, 7) is 11.7. The van der Waals surface area contributed by atoms with Crippen LogP contribution in [0.15, 0.2) is 0 Å². The summed E-state index contributed by atoms with van der Waals surface area (Å²) in [5.41, 5.74) is 6.68. The number of hydrogen-bond donors (Lipinski definition) is 0. The van der Waals surface area contributed by atoms with Crippen molar-refractivity contribution in [2.75, 3.05) is 13.2 Å². The maximum atomic E-state index is 11.8. The van der Waals surface area contributed by atoms with Crippen molar-refractivity contribution < 1.29 is 18.5 Å². The Hall–Kier alpha value is 0.668. The van der Waals surface area contributed by atoms with Crippen LogP contribution in [0.1, 0.15) is 60.3 Å². The molecule has 0 aromatic carbocycles. The molecule has 0 spiro atoms. The molecule has 0 bridgehead atoms. The first kappa shape index (κ1) is 25.7. The van der Waals surface area contributed by atoms with Gasteiger partial charge in [-0.1, -0.05) is 20.3 Å². The van der Waals surface area contributed by atoms with Crippen LogP contribution in [0.3, 0.4) is 0 Å². The summed E-state index contributed by atoms with van der Waals surface area (Å²) in [4.78, 5) is 11.8. The van der Waals surface area contributed by atoms with Gasteiger partial charge < -0.3 is 0 Å². The fourth-order valence-corrected chi connectivity index (χ4v) is 5.65. The van der Waals surface area contributed by atoms with Crippen LogP contribution in [0.2, 0.25) is 22.3 Å². The maximum absolute atomic E-state index is 11.8. The zero-order chi connectivity index (χ0) is 19.7. The zero-order valence-electron chi connectivity index (χ0n) is 17.8. The van der Waals surface area contributed by atoms with E-state index in [4.69, 9.17) is 9.05 Å². The van der Waals surface area contributed by atoms with Crippen LogP contribution in [0.4, 0.5) is 0 Å². The van der Waals surface area contributed by atoms with Crippen molar-refractivity contribution in [2.45, 2.75) is 82.6 Å². The molecule has 0 saturated carbocycles. The van der Waals surface area contributed by atoms with E-state index in [1.54, 1.807) is 0 Å². The van der Waals surface area contributed by atoms with E-state index in [-0.39, 0.29) is 19.1 Å². The summed E-state index contributed by atoms with van der Waals surface area (Å²) in [6.07, 6.45) is 4.69. The van der Waals surface area contributed by atoms with Crippen LogP contribution >= 0.6 is 7.82 Å². The summed E-state index contributed by atoms with van der Waals surface area (Å²) >= 11 is -1.61. The molecule has 0 N–H and O–H groups in total. The topological polar surface area (TPSA) is 58.6 Å². The van der Waals surface area contributed by atoms with E-state index in [1.807, 2.05) is 0 Å². The summed E-state index contributed by atoms with van der Waals surface area (Å²) in [7, 11) is -4.15. The minimum atomic E-state index is -4.15. The summed E-state index contributed by atoms with van der Waals surface area (Å²) in [6, 6.07) is 0. The van der Waals surface area contributed by atoms with Gasteiger partial charge in [-0.05, 0) is 5.92 Å². The van der Waals surface area contributed by atoms with Gasteiger partial charge in [0.05, 0.1) is 0 Å². The van der Waals surface area contributed by atoms with Gasteiger partial charge in [-0.25, -0.2) is 0 Å². The third-order valence-corrected chi connectivity index (χ3v) is 8.80. The van der Waals surface area contributed by atoms with Gasteiger partial charge in [-0.3, -0.25) is 0 Å². The van der Waals surface area contributed by atoms with Crippen molar-refractivity contribution in [1.82, 2.24) is 0 Å². The first-order chi connectivity index (χ1) is 11.3. The van der Waals surface area contributed by atoms with E-state index in [9.17, 15) is 9.46 Å². The quantitative estimate of drug-likeness (QED) is 0.247. The molecular formula is C19H42AsO4P-. The molecule has 0 aliphatic carbocycles. The van der Waals surface area contributed by atoms with E-state index in [2.05, 4.69) is 51.8 Å². The Labute approximate surface area is 159 Å². The van der Waals surface area contributed by atoms with Crippen molar-refractivity contribution >= 4 is 21.4 Å². The van der Waals surface area contributed by atoms with Crippen LogP contribution in [0, 0.1) is 23.7 Å². The Bertz CT molecular complexity index is 397. The Balaban J connectivity index is 4.07. The van der Waals surface area contributed by atoms with Crippen molar-refractivity contribution in [3.63, 3.8) is 0 Å². The van der Waals surface area contributed by atoms with Gasteiger partial charge >= 0.3 is 133 Å². The molecule has 6 heteroatoms. The molecule has 0 aromatic heterocycles. The second-order valence-corrected chi connectivity index (χ2v) is 21.1. The Kier molecular flexibility index (Phi) is 12.5. The van der Waals surface area contributed by atoms with E-state index in [0.717, 1.165) is 23.5 Å². The Morgan fingerprint density at radius 1 is 0.880 bits per heavy atom. The second-order valence-electron chi connectivity index (χ2n) is 9.13. The summed E-state index contributed by atoms with van der Waals surface area (Å²) in [5.74, 6) is 2.30. The predicted molar refractivity (Wildman–Crippen MR) is 108 cm³/mol. The Morgan fingerprint density at radius 3 is 1.84 bits per heavy atom. The first-order valence-electron chi connectivity index (χ1n) is 9.75. The van der Waals surface area contributed by atoms with Gasteiger partial charge in [0, 0.05) is 0 Å². The van der Waals surface area contributed by atoms with Crippen molar-refractivity contribution in [2.24, 2.45) is 23.7 Å². The standard InChI is InChI=1S/C19H43AsO4P/c1-9-16(2)12-17(3)13-18(4)14-19(5)15-24-25(21,22)23-11-10-20(6,7)8/h16-19H,9-15H2,1-8H3,(H,21,22)/p-1. The number of hydrogen-bond acceptors (Lipinski definition) is 4.